The van der Waals surface area contributed by atoms with Gasteiger partial charge in [-0.2, -0.15) is 0 Å². The molecule has 3 heteroatoms. The molecule has 0 aliphatic carbocycles. The topological polar surface area (TPSA) is 12.0 Å². The van der Waals surface area contributed by atoms with Gasteiger partial charge < -0.3 is 5.32 Å². The van der Waals surface area contributed by atoms with Gasteiger partial charge >= 0.3 is 0 Å². The lowest BCUT2D eigenvalue weighted by Gasteiger charge is -2.23. The van der Waals surface area contributed by atoms with Crippen LogP contribution in [0.4, 0.5) is 0 Å². The van der Waals surface area contributed by atoms with Gasteiger partial charge in [-0.25, -0.2) is 0 Å². The highest BCUT2D eigenvalue weighted by Gasteiger charge is 2.22. The van der Waals surface area contributed by atoms with Gasteiger partial charge in [-0.05, 0) is 41.5 Å². The molecule has 0 saturated heterocycles. The summed E-state index contributed by atoms with van der Waals surface area (Å²) in [7, 11) is 2.03. The maximum Gasteiger partial charge on any atom is 0.0490 e. The molecule has 18 heavy (non-hydrogen) atoms. The van der Waals surface area contributed by atoms with E-state index in [-0.39, 0.29) is 0 Å². The van der Waals surface area contributed by atoms with Crippen LogP contribution in [0.3, 0.4) is 0 Å². The van der Waals surface area contributed by atoms with Crippen molar-refractivity contribution in [2.45, 2.75) is 25.8 Å². The van der Waals surface area contributed by atoms with E-state index in [1.807, 2.05) is 18.4 Å². The molecule has 0 bridgehead atoms. The second-order valence-corrected chi connectivity index (χ2v) is 6.68. The molecule has 1 heterocycles. The second-order valence-electron chi connectivity index (χ2n) is 4.53. The van der Waals surface area contributed by atoms with E-state index in [1.54, 1.807) is 0 Å². The summed E-state index contributed by atoms with van der Waals surface area (Å²) < 4.78 is 1.21. The van der Waals surface area contributed by atoms with Gasteiger partial charge in [-0.3, -0.25) is 0 Å². The molecule has 2 rings (SSSR count). The monoisotopic (exact) mass is 323 g/mol. The second kappa shape index (κ2) is 6.00. The Morgan fingerprint density at radius 2 is 1.89 bits per heavy atom. The average Bonchev–Trinajstić information content (AvgIpc) is 2.70. The lowest BCUT2D eigenvalue weighted by atomic mass is 9.92. The summed E-state index contributed by atoms with van der Waals surface area (Å²) in [5.74, 6) is 0.450. The van der Waals surface area contributed by atoms with Crippen LogP contribution in [0.15, 0.2) is 40.9 Å². The molecular weight excluding hydrogens is 306 g/mol. The van der Waals surface area contributed by atoms with Crippen LogP contribution in [-0.4, -0.2) is 7.05 Å². The quantitative estimate of drug-likeness (QED) is 0.845. The minimum Gasteiger partial charge on any atom is -0.312 e. The number of aryl methyl sites for hydroxylation is 1. The Hall–Kier alpha value is -0.640. The van der Waals surface area contributed by atoms with Crippen LogP contribution in [-0.2, 0) is 0 Å². The average molecular weight is 324 g/mol. The molecule has 2 atom stereocenters. The number of hydrogen-bond acceptors (Lipinski definition) is 2. The zero-order chi connectivity index (χ0) is 13.1. The number of nitrogens with one attached hydrogen (secondary N) is 1. The first-order valence-electron chi connectivity index (χ1n) is 6.11. The van der Waals surface area contributed by atoms with Gasteiger partial charge in [-0.1, -0.05) is 37.3 Å². The molecule has 0 aliphatic heterocycles. The smallest absolute Gasteiger partial charge is 0.0490 e. The number of thiophene rings is 1. The molecule has 1 aromatic heterocycles. The lowest BCUT2D eigenvalue weighted by Crippen LogP contribution is -2.21. The molecule has 0 radical (unpaired) electrons. The fraction of sp³-hybridized carbons (Fsp3) is 0.333. The SMILES string of the molecule is CNC(c1sc(C)cc1Br)C(C)c1ccccc1. The first kappa shape index (κ1) is 13.8. The third kappa shape index (κ3) is 2.85. The van der Waals surface area contributed by atoms with Crippen LogP contribution in [0.2, 0.25) is 0 Å². The number of likely N-dealkylation sites (N-methyl/N-ethyl adjacent to an activating group) is 1. The number of hydrogen-bond donors (Lipinski definition) is 1. The van der Waals surface area contributed by atoms with Crippen molar-refractivity contribution in [1.29, 1.82) is 0 Å². The van der Waals surface area contributed by atoms with E-state index in [2.05, 4.69) is 71.5 Å². The number of rotatable bonds is 4. The van der Waals surface area contributed by atoms with E-state index in [9.17, 15) is 0 Å². The Kier molecular flexibility index (Phi) is 4.60. The predicted octanol–water partition coefficient (Wildman–Crippen LogP) is 4.88. The molecule has 2 aromatic rings. The van der Waals surface area contributed by atoms with Gasteiger partial charge in [0.2, 0.25) is 0 Å². The maximum absolute atomic E-state index is 3.67. The molecule has 0 fully saturated rings. The van der Waals surface area contributed by atoms with E-state index in [4.69, 9.17) is 0 Å². The van der Waals surface area contributed by atoms with Gasteiger partial charge in [0.05, 0.1) is 0 Å². The molecule has 1 aromatic carbocycles. The summed E-state index contributed by atoms with van der Waals surface area (Å²) in [6.45, 7) is 4.43. The Morgan fingerprint density at radius 1 is 1.22 bits per heavy atom. The van der Waals surface area contributed by atoms with Crippen molar-refractivity contribution < 1.29 is 0 Å². The lowest BCUT2D eigenvalue weighted by molar-refractivity contribution is 0.514. The van der Waals surface area contributed by atoms with Crippen molar-refractivity contribution in [3.05, 3.63) is 56.2 Å². The third-order valence-corrected chi connectivity index (χ3v) is 5.31. The molecule has 1 N–H and O–H groups in total. The standard InChI is InChI=1S/C15H18BrNS/c1-10-9-13(16)15(18-10)14(17-3)11(2)12-7-5-4-6-8-12/h4-9,11,14,17H,1-3H3. The highest BCUT2D eigenvalue weighted by molar-refractivity contribution is 9.10. The summed E-state index contributed by atoms with van der Waals surface area (Å²) in [4.78, 5) is 2.73. The zero-order valence-electron chi connectivity index (χ0n) is 10.9. The summed E-state index contributed by atoms with van der Waals surface area (Å²) in [6, 6.07) is 13.2. The van der Waals surface area contributed by atoms with Crippen LogP contribution in [0.25, 0.3) is 0 Å². The summed E-state index contributed by atoms with van der Waals surface area (Å²) in [5, 5.41) is 3.45. The fourth-order valence-corrected chi connectivity index (χ4v) is 4.38. The summed E-state index contributed by atoms with van der Waals surface area (Å²) >= 11 is 5.53. The van der Waals surface area contributed by atoms with Gasteiger partial charge in [0.25, 0.3) is 0 Å². The van der Waals surface area contributed by atoms with E-state index < -0.39 is 0 Å². The number of benzene rings is 1. The molecule has 1 nitrogen and oxygen atoms in total. The molecule has 0 spiro atoms. The van der Waals surface area contributed by atoms with Crippen molar-refractivity contribution in [3.8, 4) is 0 Å². The minimum absolute atomic E-state index is 0.348. The highest BCUT2D eigenvalue weighted by atomic mass is 79.9. The first-order valence-corrected chi connectivity index (χ1v) is 7.72. The minimum atomic E-state index is 0.348. The molecule has 0 aliphatic rings. The van der Waals surface area contributed by atoms with Gasteiger partial charge in [0.15, 0.2) is 0 Å². The van der Waals surface area contributed by atoms with Gasteiger partial charge in [0.1, 0.15) is 0 Å². The van der Waals surface area contributed by atoms with Crippen LogP contribution in [0.1, 0.15) is 34.2 Å². The Bertz CT molecular complexity index is 506. The highest BCUT2D eigenvalue weighted by Crippen LogP contribution is 2.39. The predicted molar refractivity (Wildman–Crippen MR) is 83.4 cm³/mol. The zero-order valence-corrected chi connectivity index (χ0v) is 13.3. The van der Waals surface area contributed by atoms with Gasteiger partial charge in [0, 0.05) is 26.2 Å². The number of halogens is 1. The Balaban J connectivity index is 2.32. The molecule has 96 valence electrons. The van der Waals surface area contributed by atoms with Crippen molar-refractivity contribution in [2.75, 3.05) is 7.05 Å². The van der Waals surface area contributed by atoms with E-state index in [0.29, 0.717) is 12.0 Å². The van der Waals surface area contributed by atoms with Gasteiger partial charge in [-0.15, -0.1) is 11.3 Å². The fourth-order valence-electron chi connectivity index (χ4n) is 2.27. The Labute approximate surface area is 121 Å². The van der Waals surface area contributed by atoms with E-state index in [0.717, 1.165) is 0 Å². The summed E-state index contributed by atoms with van der Waals surface area (Å²) in [5.41, 5.74) is 1.37. The molecular formula is C15H18BrNS. The maximum atomic E-state index is 3.67. The summed E-state index contributed by atoms with van der Waals surface area (Å²) in [6.07, 6.45) is 0. The first-order chi connectivity index (χ1) is 8.63. The van der Waals surface area contributed by atoms with Crippen LogP contribution >= 0.6 is 27.3 Å². The van der Waals surface area contributed by atoms with Crippen molar-refractivity contribution in [3.63, 3.8) is 0 Å². The van der Waals surface area contributed by atoms with Crippen LogP contribution < -0.4 is 5.32 Å². The van der Waals surface area contributed by atoms with Crippen LogP contribution in [0, 0.1) is 6.92 Å². The third-order valence-electron chi connectivity index (χ3n) is 3.26. The van der Waals surface area contributed by atoms with Crippen molar-refractivity contribution in [1.82, 2.24) is 5.32 Å². The molecule has 0 amide bonds. The molecule has 2 unspecified atom stereocenters. The largest absolute Gasteiger partial charge is 0.312 e. The van der Waals surface area contributed by atoms with Crippen molar-refractivity contribution in [2.24, 2.45) is 0 Å². The van der Waals surface area contributed by atoms with Crippen molar-refractivity contribution >= 4 is 27.3 Å². The normalized spacial score (nSPS) is 14.4. The van der Waals surface area contributed by atoms with Crippen LogP contribution in [0.5, 0.6) is 0 Å². The van der Waals surface area contributed by atoms with E-state index >= 15 is 0 Å². The van der Waals surface area contributed by atoms with E-state index in [1.165, 1.54) is 19.8 Å². The molecule has 0 saturated carbocycles. The Morgan fingerprint density at radius 3 is 2.39 bits per heavy atom.